The number of ketones is 1. The van der Waals surface area contributed by atoms with Crippen molar-refractivity contribution < 1.29 is 89.6 Å². The summed E-state index contributed by atoms with van der Waals surface area (Å²) in [5.41, 5.74) is -3.39. The molecule has 0 aliphatic rings. The Bertz CT molecular complexity index is 5610. The molecule has 0 fully saturated rings. The molecule has 0 bridgehead atoms. The monoisotopic (exact) mass is 1830 g/mol. The van der Waals surface area contributed by atoms with Gasteiger partial charge in [0.15, 0.2) is 0 Å². The Morgan fingerprint density at radius 3 is 0.740 bits per heavy atom. The lowest BCUT2D eigenvalue weighted by Crippen LogP contribution is -2.49. The standard InChI is InChI=1S/C44H57N11O14.C38H49N11O12.CH4/c1-30(56)9-4-15-36(57)45-20-3-2-10-31(49-44(65)35-14-8-19-40(61)55(35)69)29-51(26-23-48-43(64)34-13-7-18-39(60)54(34)68)28-27-50(24-21-46-41(62)32-11-5-16-37(58)52(32)66)25-22-47-42(63)33-12-6-17-38(59)53(33)67;39-16-2-1-7-26(43-38(57)30-11-6-15-34(53)49(30)61)25-45(22-19-42-37(56)29-10-5-14-33(52)48(29)60)24-23-44(20-17-40-35(54)27-8-3-12-31(50)46(27)58)21-18-41-36(55)28-9-4-13-32(51)47(28)59;/h5-8,11-14,16-19,31,66-69H,2-4,9-10,15,20-29H2,1H3,(H,45,57)(H,46,62)(H,47,63)(H,48,64)(H,49,65);3-6,8-15,26,58-61H,1-2,7,16-25,39H2,(H,40,54)(H,41,55)(H,42,56)(H,43,57);1H4. The van der Waals surface area contributed by atoms with Crippen molar-refractivity contribution >= 4 is 58.9 Å². The zero-order valence-electron chi connectivity index (χ0n) is 70.9. The molecule has 9 amide bonds. The van der Waals surface area contributed by atoms with Crippen LogP contribution in [0.15, 0.2) is 184 Å². The second-order valence-corrected chi connectivity index (χ2v) is 29.3. The third kappa shape index (κ3) is 33.1. The van der Waals surface area contributed by atoms with E-state index in [2.05, 4.69) is 47.9 Å². The molecular weight excluding hydrogens is 1720 g/mol. The maximum atomic E-state index is 13.6. The molecule has 0 radical (unpaired) electrons. The van der Waals surface area contributed by atoms with Gasteiger partial charge in [0.2, 0.25) is 5.91 Å². The minimum Gasteiger partial charge on any atom is -0.425 e. The summed E-state index contributed by atoms with van der Waals surface area (Å²) in [6.45, 7) is 3.87. The molecule has 0 aliphatic carbocycles. The Morgan fingerprint density at radius 2 is 0.504 bits per heavy atom. The summed E-state index contributed by atoms with van der Waals surface area (Å²) < 4.78 is 1.66. The quantitative estimate of drug-likeness (QED) is 0.0129. The summed E-state index contributed by atoms with van der Waals surface area (Å²) in [5, 5.41) is 105. The molecule has 8 heterocycles. The molecular formula is C83H110N22O26. The van der Waals surface area contributed by atoms with E-state index in [-0.39, 0.29) is 233 Å². The second-order valence-electron chi connectivity index (χ2n) is 29.3. The van der Waals surface area contributed by atoms with Gasteiger partial charge in [-0.2, -0.15) is 0 Å². The summed E-state index contributed by atoms with van der Waals surface area (Å²) in [5.74, 6) is -6.32. The highest BCUT2D eigenvalue weighted by molar-refractivity contribution is 5.96. The first-order valence-corrected chi connectivity index (χ1v) is 41.1. The van der Waals surface area contributed by atoms with E-state index in [1.165, 1.54) is 104 Å². The van der Waals surface area contributed by atoms with Crippen LogP contribution in [0, 0.1) is 0 Å². The molecule has 0 saturated heterocycles. The lowest BCUT2D eigenvalue weighted by atomic mass is 10.1. The highest BCUT2D eigenvalue weighted by Crippen LogP contribution is 2.12. The number of carbonyl (C=O) groups is 10. The van der Waals surface area contributed by atoms with E-state index >= 15 is 0 Å². The maximum Gasteiger partial charge on any atom is 0.283 e. The predicted octanol–water partition coefficient (Wildman–Crippen LogP) is -3.64. The third-order valence-electron chi connectivity index (χ3n) is 19.9. The van der Waals surface area contributed by atoms with Crippen molar-refractivity contribution in [3.05, 3.63) is 274 Å². The topological polar surface area (TPSA) is 656 Å². The molecule has 8 aromatic heterocycles. The van der Waals surface area contributed by atoms with Crippen LogP contribution in [-0.4, -0.2) is 301 Å². The van der Waals surface area contributed by atoms with Gasteiger partial charge in [-0.05, 0) is 101 Å². The third-order valence-corrected chi connectivity index (χ3v) is 19.9. The zero-order chi connectivity index (χ0) is 94.9. The number of Topliss-reactive ketones (excluding diaryl/α,β-unsaturated/α-hetero) is 1. The van der Waals surface area contributed by atoms with E-state index < -0.39 is 104 Å². The second kappa shape index (κ2) is 53.4. The van der Waals surface area contributed by atoms with Gasteiger partial charge >= 0.3 is 0 Å². The van der Waals surface area contributed by atoms with Crippen LogP contribution in [0.5, 0.6) is 0 Å². The van der Waals surface area contributed by atoms with Crippen molar-refractivity contribution in [2.75, 3.05) is 131 Å². The highest BCUT2D eigenvalue weighted by atomic mass is 16.5. The summed E-state index contributed by atoms with van der Waals surface area (Å²) in [6.07, 6.45) is 3.75. The van der Waals surface area contributed by atoms with Gasteiger partial charge in [-0.25, -0.2) is 0 Å². The lowest BCUT2D eigenvalue weighted by molar-refractivity contribution is -0.121. The number of aromatic nitrogens is 8. The number of amides is 9. The summed E-state index contributed by atoms with van der Waals surface area (Å²) >= 11 is 0. The number of nitrogens with one attached hydrogen (secondary N) is 9. The normalized spacial score (nSPS) is 11.4. The Kier molecular flexibility index (Phi) is 42.6. The Morgan fingerprint density at radius 1 is 0.282 bits per heavy atom. The number of nitrogens with two attached hydrogens (primary N) is 1. The van der Waals surface area contributed by atoms with E-state index in [1.807, 2.05) is 19.6 Å². The Balaban J connectivity index is 0.000000403. The smallest absolute Gasteiger partial charge is 0.283 e. The van der Waals surface area contributed by atoms with Crippen LogP contribution in [0.3, 0.4) is 0 Å². The van der Waals surface area contributed by atoms with Crippen molar-refractivity contribution in [3.8, 4) is 0 Å². The largest absolute Gasteiger partial charge is 0.425 e. The summed E-state index contributed by atoms with van der Waals surface area (Å²) in [7, 11) is 0. The van der Waals surface area contributed by atoms with Gasteiger partial charge in [-0.1, -0.05) is 62.4 Å². The number of hydrogen-bond acceptors (Lipinski definition) is 31. The number of carbonyl (C=O) groups excluding carboxylic acids is 10. The van der Waals surface area contributed by atoms with Crippen molar-refractivity contribution in [1.29, 1.82) is 0 Å². The van der Waals surface area contributed by atoms with Gasteiger partial charge in [0.1, 0.15) is 51.3 Å². The maximum absolute atomic E-state index is 13.6. The molecule has 48 nitrogen and oxygen atoms in total. The van der Waals surface area contributed by atoms with E-state index in [9.17, 15) is 128 Å². The molecule has 131 heavy (non-hydrogen) atoms. The Hall–Kier alpha value is -15.3. The fraction of sp³-hybridized carbons (Fsp3) is 0.398. The number of nitrogens with zero attached hydrogens (tertiary/aromatic N) is 12. The number of unbranched alkanes of at least 4 members (excludes halogenated alkanes) is 2. The minimum absolute atomic E-state index is 0. The van der Waals surface area contributed by atoms with Gasteiger partial charge in [0, 0.05) is 198 Å². The molecule has 0 spiro atoms. The molecule has 19 N–H and O–H groups in total. The SMILES string of the molecule is C.CC(=O)CCCC(=O)NCCCCC(CN(CCNC(=O)c1cccc(=O)n1O)CCN(CCNC(=O)c1cccc(=O)n1O)CCNC(=O)c1cccc(=O)n1O)NC(=O)c1cccc(=O)n1O.NCCCCC(CN(CCNC(=O)c1cccc(=O)n1O)CCN(CCNC(=O)c1cccc(=O)n1O)CCNC(=O)c1cccc(=O)n1O)NC(=O)c1cccc(=O)n1O. The fourth-order valence-corrected chi connectivity index (χ4v) is 13.0. The van der Waals surface area contributed by atoms with E-state index in [4.69, 9.17) is 5.73 Å². The average Bonchev–Trinajstić information content (AvgIpc) is 0.830. The van der Waals surface area contributed by atoms with Crippen LogP contribution in [-0.2, 0) is 9.59 Å². The van der Waals surface area contributed by atoms with Gasteiger partial charge < -0.3 is 100 Å². The van der Waals surface area contributed by atoms with Gasteiger partial charge in [0.25, 0.3) is 91.7 Å². The van der Waals surface area contributed by atoms with E-state index in [0.29, 0.717) is 58.0 Å². The average molecular weight is 1830 g/mol. The highest BCUT2D eigenvalue weighted by Gasteiger charge is 2.27. The molecule has 2 atom stereocenters. The zero-order valence-corrected chi connectivity index (χ0v) is 70.9. The van der Waals surface area contributed by atoms with Crippen molar-refractivity contribution in [3.63, 3.8) is 0 Å². The predicted molar refractivity (Wildman–Crippen MR) is 466 cm³/mol. The molecule has 708 valence electrons. The fourth-order valence-electron chi connectivity index (χ4n) is 13.0. The first-order valence-electron chi connectivity index (χ1n) is 41.1. The number of hydrogen-bond donors (Lipinski definition) is 18. The van der Waals surface area contributed by atoms with Crippen molar-refractivity contribution in [2.24, 2.45) is 5.73 Å². The summed E-state index contributed by atoms with van der Waals surface area (Å²) in [4.78, 5) is 231. The molecule has 0 aromatic carbocycles. The van der Waals surface area contributed by atoms with E-state index in [0.717, 1.165) is 48.5 Å². The first kappa shape index (κ1) is 104. The van der Waals surface area contributed by atoms with Crippen molar-refractivity contribution in [2.45, 2.75) is 84.2 Å². The van der Waals surface area contributed by atoms with E-state index in [1.54, 1.807) is 0 Å². The molecule has 0 saturated carbocycles. The van der Waals surface area contributed by atoms with Crippen LogP contribution in [0.2, 0.25) is 0 Å². The van der Waals surface area contributed by atoms with Crippen LogP contribution < -0.4 is 98.1 Å². The van der Waals surface area contributed by atoms with Crippen LogP contribution in [0.25, 0.3) is 0 Å². The molecule has 8 aromatic rings. The molecule has 2 unspecified atom stereocenters. The number of pyridine rings is 8. The summed E-state index contributed by atoms with van der Waals surface area (Å²) in [6, 6.07) is 27.7. The molecule has 48 heteroatoms. The van der Waals surface area contributed by atoms with Crippen LogP contribution in [0.4, 0.5) is 0 Å². The van der Waals surface area contributed by atoms with Crippen LogP contribution in [0.1, 0.15) is 156 Å². The first-order chi connectivity index (χ1) is 62.2. The van der Waals surface area contributed by atoms with Gasteiger partial charge in [-0.3, -0.25) is 101 Å². The molecule has 0 aliphatic heterocycles. The van der Waals surface area contributed by atoms with Crippen molar-refractivity contribution in [1.82, 2.24) is 105 Å². The lowest BCUT2D eigenvalue weighted by Gasteiger charge is -2.31. The van der Waals surface area contributed by atoms with Gasteiger partial charge in [0.05, 0.1) is 0 Å². The van der Waals surface area contributed by atoms with Crippen LogP contribution >= 0.6 is 0 Å². The number of rotatable bonds is 51. The minimum atomic E-state index is -0.848. The Labute approximate surface area is 745 Å². The molecule has 8 rings (SSSR count). The van der Waals surface area contributed by atoms with Gasteiger partial charge in [-0.15, -0.1) is 37.8 Å².